The van der Waals surface area contributed by atoms with Gasteiger partial charge in [0.1, 0.15) is 11.3 Å². The van der Waals surface area contributed by atoms with Crippen LogP contribution in [0, 0.1) is 0 Å². The summed E-state index contributed by atoms with van der Waals surface area (Å²) in [5.74, 6) is -1.86. The Morgan fingerprint density at radius 2 is 1.93 bits per heavy atom. The van der Waals surface area contributed by atoms with E-state index in [2.05, 4.69) is 10.6 Å². The van der Waals surface area contributed by atoms with Gasteiger partial charge in [-0.15, -0.1) is 0 Å². The largest absolute Gasteiger partial charge is 0.478 e. The number of aryl methyl sites for hydroxylation is 1. The minimum Gasteiger partial charge on any atom is -0.478 e. The number of furan rings is 1. The van der Waals surface area contributed by atoms with Crippen molar-refractivity contribution in [3.63, 3.8) is 0 Å². The van der Waals surface area contributed by atoms with Crippen LogP contribution in [0.2, 0.25) is 0 Å². The van der Waals surface area contributed by atoms with Gasteiger partial charge in [-0.05, 0) is 31.5 Å². The molecule has 8 nitrogen and oxygen atoms in total. The van der Waals surface area contributed by atoms with Crippen LogP contribution in [0.25, 0.3) is 0 Å². The van der Waals surface area contributed by atoms with Crippen molar-refractivity contribution in [1.29, 1.82) is 0 Å². The number of amides is 2. The van der Waals surface area contributed by atoms with Crippen molar-refractivity contribution in [1.82, 2.24) is 5.32 Å². The van der Waals surface area contributed by atoms with Gasteiger partial charge in [0.15, 0.2) is 5.76 Å². The fraction of sp³-hybridized carbons (Fsp3) is 0.350. The van der Waals surface area contributed by atoms with Crippen LogP contribution in [-0.4, -0.2) is 42.6 Å². The molecular weight excluding hydrogens is 364 g/mol. The number of hydrogen-bond acceptors (Lipinski definition) is 5. The molecule has 0 saturated carbocycles. The van der Waals surface area contributed by atoms with Crippen LogP contribution in [0.5, 0.6) is 0 Å². The second-order valence-corrected chi connectivity index (χ2v) is 5.95. The Bertz CT molecular complexity index is 843. The van der Waals surface area contributed by atoms with E-state index in [0.29, 0.717) is 43.9 Å². The summed E-state index contributed by atoms with van der Waals surface area (Å²) >= 11 is 0. The first kappa shape index (κ1) is 21.2. The predicted octanol–water partition coefficient (Wildman–Crippen LogP) is 2.95. The van der Waals surface area contributed by atoms with Gasteiger partial charge in [-0.3, -0.25) is 9.59 Å². The maximum Gasteiger partial charge on any atom is 0.339 e. The summed E-state index contributed by atoms with van der Waals surface area (Å²) in [6.45, 7) is 5.35. The van der Waals surface area contributed by atoms with Crippen molar-refractivity contribution in [2.45, 2.75) is 26.7 Å². The molecule has 0 aliphatic heterocycles. The molecule has 0 radical (unpaired) electrons. The number of anilines is 1. The molecule has 0 aliphatic rings. The van der Waals surface area contributed by atoms with E-state index in [1.807, 2.05) is 6.92 Å². The molecule has 150 valence electrons. The molecule has 2 rings (SSSR count). The zero-order valence-corrected chi connectivity index (χ0v) is 15.9. The van der Waals surface area contributed by atoms with Gasteiger partial charge in [-0.1, -0.05) is 13.0 Å². The first-order chi connectivity index (χ1) is 13.5. The number of hydrogen-bond donors (Lipinski definition) is 3. The van der Waals surface area contributed by atoms with E-state index in [1.54, 1.807) is 25.1 Å². The third kappa shape index (κ3) is 5.68. The zero-order chi connectivity index (χ0) is 20.5. The van der Waals surface area contributed by atoms with E-state index in [1.165, 1.54) is 12.1 Å². The van der Waals surface area contributed by atoms with E-state index in [-0.39, 0.29) is 23.0 Å². The zero-order valence-electron chi connectivity index (χ0n) is 15.9. The molecule has 0 bridgehead atoms. The van der Waals surface area contributed by atoms with Crippen molar-refractivity contribution in [2.75, 3.05) is 25.1 Å². The van der Waals surface area contributed by atoms with Crippen LogP contribution in [0.4, 0.5) is 5.69 Å². The molecule has 1 aromatic carbocycles. The van der Waals surface area contributed by atoms with Crippen LogP contribution < -0.4 is 10.6 Å². The lowest BCUT2D eigenvalue weighted by molar-refractivity contribution is 0.0694. The van der Waals surface area contributed by atoms with Gasteiger partial charge in [-0.2, -0.15) is 0 Å². The van der Waals surface area contributed by atoms with Crippen LogP contribution in [0.3, 0.4) is 0 Å². The molecule has 2 amide bonds. The first-order valence-corrected chi connectivity index (χ1v) is 9.09. The summed E-state index contributed by atoms with van der Waals surface area (Å²) in [5.41, 5.74) is 0.764. The SMILES string of the molecule is CCOCCCNC(=O)c1cccc(NC(=O)c2cc(C(=O)O)c(CC)o2)c1. The number of nitrogens with one attached hydrogen (secondary N) is 2. The summed E-state index contributed by atoms with van der Waals surface area (Å²) in [6, 6.07) is 7.65. The van der Waals surface area contributed by atoms with Crippen molar-refractivity contribution < 1.29 is 28.6 Å². The smallest absolute Gasteiger partial charge is 0.339 e. The highest BCUT2D eigenvalue weighted by atomic mass is 16.5. The van der Waals surface area contributed by atoms with E-state index in [4.69, 9.17) is 14.3 Å². The second kappa shape index (κ2) is 10.3. The average Bonchev–Trinajstić information content (AvgIpc) is 3.13. The lowest BCUT2D eigenvalue weighted by Gasteiger charge is -2.08. The molecular formula is C20H24N2O6. The van der Waals surface area contributed by atoms with Gasteiger partial charge in [0.2, 0.25) is 0 Å². The number of carboxylic acids is 1. The quantitative estimate of drug-likeness (QED) is 0.539. The molecule has 1 heterocycles. The summed E-state index contributed by atoms with van der Waals surface area (Å²) in [7, 11) is 0. The van der Waals surface area contributed by atoms with Gasteiger partial charge in [-0.25, -0.2) is 4.79 Å². The van der Waals surface area contributed by atoms with Crippen LogP contribution in [0.15, 0.2) is 34.7 Å². The predicted molar refractivity (Wildman–Crippen MR) is 103 cm³/mol. The number of rotatable bonds is 10. The van der Waals surface area contributed by atoms with E-state index >= 15 is 0 Å². The summed E-state index contributed by atoms with van der Waals surface area (Å²) in [6.07, 6.45) is 1.06. The first-order valence-electron chi connectivity index (χ1n) is 9.09. The average molecular weight is 388 g/mol. The Labute approximate surface area is 162 Å². The standard InChI is InChI=1S/C20H24N2O6/c1-3-16-15(20(25)26)12-17(28-16)19(24)22-14-8-5-7-13(11-14)18(23)21-9-6-10-27-4-2/h5,7-8,11-12H,3-4,6,9-10H2,1-2H3,(H,21,23)(H,22,24)(H,25,26). The maximum atomic E-state index is 12.4. The Balaban J connectivity index is 2.01. The lowest BCUT2D eigenvalue weighted by atomic mass is 10.2. The van der Waals surface area contributed by atoms with Gasteiger partial charge in [0.05, 0.1) is 0 Å². The van der Waals surface area contributed by atoms with E-state index in [0.717, 1.165) is 0 Å². The minimum absolute atomic E-state index is 0.0344. The molecule has 0 unspecified atom stereocenters. The number of aromatic carboxylic acids is 1. The van der Waals surface area contributed by atoms with Crippen LogP contribution in [-0.2, 0) is 11.2 Å². The molecule has 0 spiro atoms. The minimum atomic E-state index is -1.15. The summed E-state index contributed by atoms with van der Waals surface area (Å²) in [5, 5.41) is 14.6. The normalized spacial score (nSPS) is 10.5. The molecule has 0 fully saturated rings. The molecule has 8 heteroatoms. The van der Waals surface area contributed by atoms with Crippen LogP contribution in [0.1, 0.15) is 57.3 Å². The van der Waals surface area contributed by atoms with Gasteiger partial charge in [0.25, 0.3) is 11.8 Å². The fourth-order valence-corrected chi connectivity index (χ4v) is 2.54. The molecule has 28 heavy (non-hydrogen) atoms. The number of carbonyl (C=O) groups is 3. The van der Waals surface area contributed by atoms with E-state index < -0.39 is 11.9 Å². The summed E-state index contributed by atoms with van der Waals surface area (Å²) < 4.78 is 10.6. The van der Waals surface area contributed by atoms with Gasteiger partial charge in [0, 0.05) is 43.5 Å². The third-order valence-electron chi connectivity index (χ3n) is 3.92. The van der Waals surface area contributed by atoms with Crippen molar-refractivity contribution >= 4 is 23.5 Å². The highest BCUT2D eigenvalue weighted by Gasteiger charge is 2.20. The maximum absolute atomic E-state index is 12.4. The monoisotopic (exact) mass is 388 g/mol. The lowest BCUT2D eigenvalue weighted by Crippen LogP contribution is -2.25. The van der Waals surface area contributed by atoms with Crippen molar-refractivity contribution in [3.8, 4) is 0 Å². The number of carboxylic acid groups (broad SMARTS) is 1. The molecule has 2 aromatic rings. The number of ether oxygens (including phenoxy) is 1. The summed E-state index contributed by atoms with van der Waals surface area (Å²) in [4.78, 5) is 35.8. The molecule has 0 saturated heterocycles. The highest BCUT2D eigenvalue weighted by molar-refractivity contribution is 6.05. The Kier molecular flexibility index (Phi) is 7.76. The molecule has 0 aliphatic carbocycles. The van der Waals surface area contributed by atoms with Crippen molar-refractivity contribution in [3.05, 3.63) is 53.0 Å². The highest BCUT2D eigenvalue weighted by Crippen LogP contribution is 2.18. The topological polar surface area (TPSA) is 118 Å². The Morgan fingerprint density at radius 1 is 1.14 bits per heavy atom. The second-order valence-electron chi connectivity index (χ2n) is 5.95. The van der Waals surface area contributed by atoms with E-state index in [9.17, 15) is 14.4 Å². The van der Waals surface area contributed by atoms with Crippen LogP contribution >= 0.6 is 0 Å². The number of carbonyl (C=O) groups excluding carboxylic acids is 2. The van der Waals surface area contributed by atoms with Gasteiger partial charge < -0.3 is 24.9 Å². The Morgan fingerprint density at radius 3 is 2.57 bits per heavy atom. The third-order valence-corrected chi connectivity index (χ3v) is 3.92. The number of benzene rings is 1. The van der Waals surface area contributed by atoms with Gasteiger partial charge >= 0.3 is 5.97 Å². The molecule has 0 atom stereocenters. The molecule has 1 aromatic heterocycles. The fourth-order valence-electron chi connectivity index (χ4n) is 2.54. The van der Waals surface area contributed by atoms with Crippen molar-refractivity contribution in [2.24, 2.45) is 0 Å². The molecule has 3 N–H and O–H groups in total. The Hall–Kier alpha value is -3.13.